The van der Waals surface area contributed by atoms with Crippen LogP contribution in [0.15, 0.2) is 0 Å². The van der Waals surface area contributed by atoms with Crippen LogP contribution in [0.4, 0.5) is 4.79 Å². The number of carboxylic acid groups (broad SMARTS) is 1. The van der Waals surface area contributed by atoms with Gasteiger partial charge in [0, 0.05) is 18.6 Å². The molecule has 2 rings (SSSR count). The number of hydrogen-bond acceptors (Lipinski definition) is 2. The number of nitrogens with zero attached hydrogens (tertiary/aromatic N) is 2. The molecule has 2 fully saturated rings. The van der Waals surface area contributed by atoms with E-state index in [2.05, 4.69) is 13.8 Å². The number of hydrogen-bond donors (Lipinski definition) is 1. The van der Waals surface area contributed by atoms with E-state index >= 15 is 0 Å². The molecule has 4 atom stereocenters. The Hall–Kier alpha value is -1.26. The maximum Gasteiger partial charge on any atom is 0.326 e. The number of amides is 2. The first-order valence-corrected chi connectivity index (χ1v) is 7.25. The highest BCUT2D eigenvalue weighted by atomic mass is 16.4. The highest BCUT2D eigenvalue weighted by Crippen LogP contribution is 2.29. The Morgan fingerprint density at radius 3 is 2.16 bits per heavy atom. The van der Waals surface area contributed by atoms with Crippen molar-refractivity contribution < 1.29 is 14.7 Å². The zero-order valence-electron chi connectivity index (χ0n) is 12.0. The van der Waals surface area contributed by atoms with E-state index in [1.54, 1.807) is 4.90 Å². The third-order valence-corrected chi connectivity index (χ3v) is 4.61. The van der Waals surface area contributed by atoms with Crippen LogP contribution in [0.2, 0.25) is 0 Å². The SMILES string of the molecule is CC1CCN(C(=O)N2C(C)CCCC2C)C1C(=O)O. The minimum atomic E-state index is -0.879. The molecule has 0 aromatic carbocycles. The molecule has 0 aliphatic carbocycles. The van der Waals surface area contributed by atoms with Crippen molar-refractivity contribution in [1.82, 2.24) is 9.80 Å². The Labute approximate surface area is 114 Å². The number of aliphatic carboxylic acids is 1. The fraction of sp³-hybridized carbons (Fsp3) is 0.857. The number of carbonyl (C=O) groups is 2. The van der Waals surface area contributed by atoms with Gasteiger partial charge in [0.05, 0.1) is 0 Å². The van der Waals surface area contributed by atoms with E-state index in [1.165, 1.54) is 0 Å². The Balaban J connectivity index is 2.16. The van der Waals surface area contributed by atoms with Crippen molar-refractivity contribution >= 4 is 12.0 Å². The summed E-state index contributed by atoms with van der Waals surface area (Å²) in [6, 6.07) is -0.325. The molecule has 5 heteroatoms. The van der Waals surface area contributed by atoms with Crippen molar-refractivity contribution in [3.8, 4) is 0 Å². The molecule has 0 saturated carbocycles. The summed E-state index contributed by atoms with van der Waals surface area (Å²) in [4.78, 5) is 27.5. The van der Waals surface area contributed by atoms with Gasteiger partial charge in [-0.05, 0) is 45.4 Å². The Morgan fingerprint density at radius 2 is 1.63 bits per heavy atom. The first-order valence-electron chi connectivity index (χ1n) is 7.25. The van der Waals surface area contributed by atoms with E-state index in [0.717, 1.165) is 25.7 Å². The van der Waals surface area contributed by atoms with E-state index in [9.17, 15) is 14.7 Å². The second kappa shape index (κ2) is 5.39. The van der Waals surface area contributed by atoms with E-state index in [1.807, 2.05) is 11.8 Å². The maximum atomic E-state index is 12.7. The zero-order valence-corrected chi connectivity index (χ0v) is 12.0. The van der Waals surface area contributed by atoms with E-state index < -0.39 is 12.0 Å². The smallest absolute Gasteiger partial charge is 0.326 e. The molecular formula is C14H24N2O3. The van der Waals surface area contributed by atoms with E-state index in [-0.39, 0.29) is 24.0 Å². The predicted octanol–water partition coefficient (Wildman–Crippen LogP) is 2.16. The van der Waals surface area contributed by atoms with Gasteiger partial charge in [-0.15, -0.1) is 0 Å². The highest BCUT2D eigenvalue weighted by Gasteiger charge is 2.43. The quantitative estimate of drug-likeness (QED) is 0.792. The van der Waals surface area contributed by atoms with Gasteiger partial charge in [0.15, 0.2) is 0 Å². The summed E-state index contributed by atoms with van der Waals surface area (Å²) in [7, 11) is 0. The number of carboxylic acids is 1. The minimum absolute atomic E-state index is 0.0388. The molecule has 1 N–H and O–H groups in total. The van der Waals surface area contributed by atoms with Crippen molar-refractivity contribution in [3.05, 3.63) is 0 Å². The van der Waals surface area contributed by atoms with Gasteiger partial charge in [-0.25, -0.2) is 9.59 Å². The number of rotatable bonds is 1. The van der Waals surface area contributed by atoms with E-state index in [0.29, 0.717) is 6.54 Å². The largest absolute Gasteiger partial charge is 0.480 e. The molecule has 2 saturated heterocycles. The van der Waals surface area contributed by atoms with Gasteiger partial charge >= 0.3 is 12.0 Å². The van der Waals surface area contributed by atoms with Gasteiger partial charge in [0.2, 0.25) is 0 Å². The van der Waals surface area contributed by atoms with Crippen molar-refractivity contribution in [2.45, 2.75) is 64.6 Å². The maximum absolute atomic E-state index is 12.7. The third kappa shape index (κ3) is 2.55. The number of piperidine rings is 1. The van der Waals surface area contributed by atoms with Crippen molar-refractivity contribution in [3.63, 3.8) is 0 Å². The molecule has 0 aromatic heterocycles. The standard InChI is InChI=1S/C14H24N2O3/c1-9-7-8-15(12(9)13(17)18)14(19)16-10(2)5-4-6-11(16)3/h9-12H,4-8H2,1-3H3,(H,17,18). The number of carbonyl (C=O) groups excluding carboxylic acids is 1. The molecule has 0 spiro atoms. The number of likely N-dealkylation sites (tertiary alicyclic amines) is 2. The topological polar surface area (TPSA) is 60.9 Å². The molecule has 0 radical (unpaired) electrons. The molecule has 0 aromatic rings. The van der Waals surface area contributed by atoms with Gasteiger partial charge in [-0.1, -0.05) is 6.92 Å². The summed E-state index contributed by atoms with van der Waals surface area (Å²) in [5, 5.41) is 9.32. The van der Waals surface area contributed by atoms with Crippen LogP contribution in [0.5, 0.6) is 0 Å². The summed E-state index contributed by atoms with van der Waals surface area (Å²) in [6.07, 6.45) is 3.94. The average molecular weight is 268 g/mol. The summed E-state index contributed by atoms with van der Waals surface area (Å²) in [5.41, 5.74) is 0. The van der Waals surface area contributed by atoms with E-state index in [4.69, 9.17) is 0 Å². The molecule has 0 bridgehead atoms. The first-order chi connectivity index (χ1) is 8.93. The zero-order chi connectivity index (χ0) is 14.2. The number of urea groups is 1. The second-order valence-electron chi connectivity index (χ2n) is 6.06. The molecular weight excluding hydrogens is 244 g/mol. The predicted molar refractivity (Wildman–Crippen MR) is 71.9 cm³/mol. The molecule has 2 aliphatic rings. The lowest BCUT2D eigenvalue weighted by Gasteiger charge is -2.42. The lowest BCUT2D eigenvalue weighted by molar-refractivity contribution is -0.142. The molecule has 2 heterocycles. The minimum Gasteiger partial charge on any atom is -0.480 e. The average Bonchev–Trinajstić information content (AvgIpc) is 2.70. The fourth-order valence-electron chi connectivity index (χ4n) is 3.48. The van der Waals surface area contributed by atoms with Crippen LogP contribution in [-0.2, 0) is 4.79 Å². The van der Waals surface area contributed by atoms with Crippen molar-refractivity contribution in [1.29, 1.82) is 0 Å². The summed E-state index contributed by atoms with van der Waals surface area (Å²) >= 11 is 0. The van der Waals surface area contributed by atoms with Crippen LogP contribution >= 0.6 is 0 Å². The van der Waals surface area contributed by atoms with Gasteiger partial charge in [0.25, 0.3) is 0 Å². The van der Waals surface area contributed by atoms with Crippen LogP contribution in [0.25, 0.3) is 0 Å². The van der Waals surface area contributed by atoms with Gasteiger partial charge in [-0.3, -0.25) is 0 Å². The second-order valence-corrected chi connectivity index (χ2v) is 6.06. The third-order valence-electron chi connectivity index (χ3n) is 4.61. The monoisotopic (exact) mass is 268 g/mol. The van der Waals surface area contributed by atoms with Crippen LogP contribution in [0.1, 0.15) is 46.5 Å². The summed E-state index contributed by atoms with van der Waals surface area (Å²) in [5.74, 6) is -0.840. The summed E-state index contributed by atoms with van der Waals surface area (Å²) in [6.45, 7) is 6.59. The molecule has 2 aliphatic heterocycles. The van der Waals surface area contributed by atoms with Crippen molar-refractivity contribution in [2.75, 3.05) is 6.54 Å². The molecule has 108 valence electrons. The molecule has 2 amide bonds. The Morgan fingerprint density at radius 1 is 1.05 bits per heavy atom. The molecule has 19 heavy (non-hydrogen) atoms. The van der Waals surface area contributed by atoms with Crippen LogP contribution in [-0.4, -0.2) is 51.6 Å². The Bertz CT molecular complexity index is 362. The van der Waals surface area contributed by atoms with Crippen LogP contribution in [0.3, 0.4) is 0 Å². The van der Waals surface area contributed by atoms with Gasteiger partial charge in [-0.2, -0.15) is 0 Å². The highest BCUT2D eigenvalue weighted by molar-refractivity contribution is 5.84. The lowest BCUT2D eigenvalue weighted by atomic mass is 9.98. The van der Waals surface area contributed by atoms with Crippen LogP contribution < -0.4 is 0 Å². The van der Waals surface area contributed by atoms with Gasteiger partial charge in [0.1, 0.15) is 6.04 Å². The van der Waals surface area contributed by atoms with Crippen LogP contribution in [0, 0.1) is 5.92 Å². The molecule has 4 unspecified atom stereocenters. The normalized spacial score (nSPS) is 35.5. The van der Waals surface area contributed by atoms with Gasteiger partial charge < -0.3 is 14.9 Å². The molecule has 5 nitrogen and oxygen atoms in total. The van der Waals surface area contributed by atoms with Crippen molar-refractivity contribution in [2.24, 2.45) is 5.92 Å². The Kier molecular flexibility index (Phi) is 4.02. The lowest BCUT2D eigenvalue weighted by Crippen LogP contribution is -2.55. The summed E-state index contributed by atoms with van der Waals surface area (Å²) < 4.78 is 0. The first kappa shape index (κ1) is 14.2. The fourth-order valence-corrected chi connectivity index (χ4v) is 3.48.